The highest BCUT2D eigenvalue weighted by Gasteiger charge is 2.29. The summed E-state index contributed by atoms with van der Waals surface area (Å²) in [5.74, 6) is 0.391. The second-order valence-electron chi connectivity index (χ2n) is 3.95. The van der Waals surface area contributed by atoms with Crippen LogP contribution in [0.2, 0.25) is 0 Å². The number of hydrogen-bond donors (Lipinski definition) is 1. The second kappa shape index (κ2) is 3.67. The molecule has 3 unspecified atom stereocenters. The summed E-state index contributed by atoms with van der Waals surface area (Å²) in [6, 6.07) is -0.0139. The Morgan fingerprint density at radius 1 is 1.71 bits per heavy atom. The molecule has 5 nitrogen and oxygen atoms in total. The van der Waals surface area contributed by atoms with Crippen LogP contribution in [-0.2, 0) is 11.8 Å². The minimum atomic E-state index is -0.0139. The molecule has 1 aliphatic heterocycles. The number of aromatic nitrogens is 3. The van der Waals surface area contributed by atoms with Gasteiger partial charge in [-0.05, 0) is 13.3 Å². The van der Waals surface area contributed by atoms with E-state index in [0.29, 0.717) is 12.0 Å². The largest absolute Gasteiger partial charge is 0.378 e. The summed E-state index contributed by atoms with van der Waals surface area (Å²) in [5.41, 5.74) is 7.11. The normalized spacial score (nSPS) is 29.4. The molecule has 14 heavy (non-hydrogen) atoms. The molecule has 0 spiro atoms. The van der Waals surface area contributed by atoms with Gasteiger partial charge in [0, 0.05) is 13.0 Å². The zero-order valence-electron chi connectivity index (χ0n) is 8.55. The van der Waals surface area contributed by atoms with E-state index in [0.717, 1.165) is 18.7 Å². The number of rotatable bonds is 2. The van der Waals surface area contributed by atoms with Gasteiger partial charge in [0.15, 0.2) is 0 Å². The highest BCUT2D eigenvalue weighted by atomic mass is 16.5. The highest BCUT2D eigenvalue weighted by molar-refractivity contribution is 5.03. The molecule has 2 heterocycles. The Labute approximate surface area is 83.2 Å². The van der Waals surface area contributed by atoms with E-state index in [1.165, 1.54) is 0 Å². The molecule has 1 fully saturated rings. The summed E-state index contributed by atoms with van der Waals surface area (Å²) in [5, 5.41) is 7.70. The first kappa shape index (κ1) is 9.61. The van der Waals surface area contributed by atoms with Gasteiger partial charge in [0.25, 0.3) is 0 Å². The average Bonchev–Trinajstić information content (AvgIpc) is 2.73. The van der Waals surface area contributed by atoms with Crippen molar-refractivity contribution in [2.24, 2.45) is 18.7 Å². The topological polar surface area (TPSA) is 66.0 Å². The number of ether oxygens (including phenoxy) is 1. The molecular formula is C9H16N4O. The van der Waals surface area contributed by atoms with Crippen LogP contribution in [0.15, 0.2) is 6.20 Å². The molecule has 1 aromatic rings. The molecule has 5 heteroatoms. The van der Waals surface area contributed by atoms with Crippen molar-refractivity contribution in [2.75, 3.05) is 6.61 Å². The summed E-state index contributed by atoms with van der Waals surface area (Å²) in [7, 11) is 1.86. The lowest BCUT2D eigenvalue weighted by Gasteiger charge is -2.16. The molecule has 0 saturated carbocycles. The molecule has 0 radical (unpaired) electrons. The smallest absolute Gasteiger partial charge is 0.0754 e. The van der Waals surface area contributed by atoms with Gasteiger partial charge >= 0.3 is 0 Å². The van der Waals surface area contributed by atoms with E-state index >= 15 is 0 Å². The molecule has 0 amide bonds. The van der Waals surface area contributed by atoms with E-state index in [9.17, 15) is 0 Å². The van der Waals surface area contributed by atoms with Crippen LogP contribution in [0.25, 0.3) is 0 Å². The van der Waals surface area contributed by atoms with Gasteiger partial charge in [0.1, 0.15) is 0 Å². The first-order chi connectivity index (χ1) is 6.68. The minimum Gasteiger partial charge on any atom is -0.378 e. The number of nitrogens with two attached hydrogens (primary N) is 1. The Hall–Kier alpha value is -0.940. The second-order valence-corrected chi connectivity index (χ2v) is 3.95. The Morgan fingerprint density at radius 3 is 3.00 bits per heavy atom. The van der Waals surface area contributed by atoms with Crippen LogP contribution in [0.3, 0.4) is 0 Å². The predicted molar refractivity (Wildman–Crippen MR) is 51.5 cm³/mol. The Bertz CT molecular complexity index is 312. The summed E-state index contributed by atoms with van der Waals surface area (Å²) in [6.45, 7) is 2.82. The SMILES string of the molecule is CC1CC(C(N)c2cnnn2C)CO1. The van der Waals surface area contributed by atoms with E-state index in [1.807, 2.05) is 7.05 Å². The molecule has 1 aliphatic rings. The van der Waals surface area contributed by atoms with Gasteiger partial charge in [0.2, 0.25) is 0 Å². The van der Waals surface area contributed by atoms with Crippen molar-refractivity contribution in [3.63, 3.8) is 0 Å². The minimum absolute atomic E-state index is 0.0139. The molecule has 2 N–H and O–H groups in total. The van der Waals surface area contributed by atoms with E-state index in [1.54, 1.807) is 10.9 Å². The molecular weight excluding hydrogens is 180 g/mol. The van der Waals surface area contributed by atoms with Crippen molar-refractivity contribution < 1.29 is 4.74 Å². The molecule has 0 aliphatic carbocycles. The van der Waals surface area contributed by atoms with E-state index in [-0.39, 0.29) is 6.04 Å². The Balaban J connectivity index is 2.09. The third-order valence-corrected chi connectivity index (χ3v) is 2.83. The standard InChI is InChI=1S/C9H16N4O/c1-6-3-7(5-14-6)9(10)8-4-11-12-13(8)2/h4,6-7,9H,3,5,10H2,1-2H3. The maximum absolute atomic E-state index is 6.13. The van der Waals surface area contributed by atoms with Crippen molar-refractivity contribution in [2.45, 2.75) is 25.5 Å². The van der Waals surface area contributed by atoms with Gasteiger partial charge in [-0.25, -0.2) is 0 Å². The third-order valence-electron chi connectivity index (χ3n) is 2.83. The lowest BCUT2D eigenvalue weighted by molar-refractivity contribution is 0.118. The van der Waals surface area contributed by atoms with Crippen LogP contribution in [0.5, 0.6) is 0 Å². The van der Waals surface area contributed by atoms with Crippen LogP contribution in [0, 0.1) is 5.92 Å². The first-order valence-electron chi connectivity index (χ1n) is 4.90. The molecule has 1 saturated heterocycles. The maximum Gasteiger partial charge on any atom is 0.0754 e. The van der Waals surface area contributed by atoms with Crippen molar-refractivity contribution in [1.29, 1.82) is 0 Å². The highest BCUT2D eigenvalue weighted by Crippen LogP contribution is 2.28. The van der Waals surface area contributed by atoms with Gasteiger partial charge in [0.05, 0.1) is 30.6 Å². The zero-order chi connectivity index (χ0) is 10.1. The van der Waals surface area contributed by atoms with Gasteiger partial charge in [-0.15, -0.1) is 5.10 Å². The van der Waals surface area contributed by atoms with E-state index < -0.39 is 0 Å². The quantitative estimate of drug-likeness (QED) is 0.735. The van der Waals surface area contributed by atoms with E-state index in [2.05, 4.69) is 17.2 Å². The summed E-state index contributed by atoms with van der Waals surface area (Å²) >= 11 is 0. The van der Waals surface area contributed by atoms with Crippen LogP contribution < -0.4 is 5.73 Å². The number of nitrogens with zero attached hydrogens (tertiary/aromatic N) is 3. The number of aryl methyl sites for hydroxylation is 1. The summed E-state index contributed by atoms with van der Waals surface area (Å²) < 4.78 is 7.22. The first-order valence-corrected chi connectivity index (χ1v) is 4.90. The molecule has 1 aromatic heterocycles. The Morgan fingerprint density at radius 2 is 2.50 bits per heavy atom. The van der Waals surface area contributed by atoms with E-state index in [4.69, 9.17) is 10.5 Å². The van der Waals surface area contributed by atoms with Crippen LogP contribution in [0.1, 0.15) is 25.1 Å². The van der Waals surface area contributed by atoms with Crippen molar-refractivity contribution in [1.82, 2.24) is 15.0 Å². The van der Waals surface area contributed by atoms with Crippen molar-refractivity contribution in [3.05, 3.63) is 11.9 Å². The van der Waals surface area contributed by atoms with Crippen LogP contribution in [-0.4, -0.2) is 27.7 Å². The van der Waals surface area contributed by atoms with Gasteiger partial charge in [-0.1, -0.05) is 5.21 Å². The predicted octanol–water partition coefficient (Wildman–Crippen LogP) is 0.240. The van der Waals surface area contributed by atoms with Crippen molar-refractivity contribution >= 4 is 0 Å². The summed E-state index contributed by atoms with van der Waals surface area (Å²) in [6.07, 6.45) is 3.08. The molecule has 78 valence electrons. The molecule has 0 bridgehead atoms. The fraction of sp³-hybridized carbons (Fsp3) is 0.778. The lowest BCUT2D eigenvalue weighted by Crippen LogP contribution is -2.24. The maximum atomic E-state index is 6.13. The van der Waals surface area contributed by atoms with Crippen LogP contribution in [0.4, 0.5) is 0 Å². The molecule has 3 atom stereocenters. The fourth-order valence-electron chi connectivity index (χ4n) is 1.94. The third kappa shape index (κ3) is 1.65. The van der Waals surface area contributed by atoms with Gasteiger partial charge in [-0.2, -0.15) is 0 Å². The monoisotopic (exact) mass is 196 g/mol. The molecule has 0 aromatic carbocycles. The fourth-order valence-corrected chi connectivity index (χ4v) is 1.94. The lowest BCUT2D eigenvalue weighted by atomic mass is 9.95. The van der Waals surface area contributed by atoms with Crippen molar-refractivity contribution in [3.8, 4) is 0 Å². The summed E-state index contributed by atoms with van der Waals surface area (Å²) in [4.78, 5) is 0. The molecule has 2 rings (SSSR count). The Kier molecular flexibility index (Phi) is 2.52. The number of hydrogen-bond acceptors (Lipinski definition) is 4. The van der Waals surface area contributed by atoms with Gasteiger partial charge < -0.3 is 10.5 Å². The van der Waals surface area contributed by atoms with Crippen LogP contribution >= 0.6 is 0 Å². The average molecular weight is 196 g/mol. The zero-order valence-corrected chi connectivity index (χ0v) is 8.55. The van der Waals surface area contributed by atoms with Gasteiger partial charge in [-0.3, -0.25) is 4.68 Å².